The lowest BCUT2D eigenvalue weighted by atomic mass is 10.0. The van der Waals surface area contributed by atoms with Gasteiger partial charge in [0, 0.05) is 18.0 Å². The monoisotopic (exact) mass is 299 g/mol. The Morgan fingerprint density at radius 1 is 1.35 bits per heavy atom. The second-order valence-corrected chi connectivity index (χ2v) is 5.76. The number of rotatable bonds is 9. The highest BCUT2D eigenvalue weighted by atomic mass is 32.2. The molecule has 0 radical (unpaired) electrons. The number of amides is 1. The molecule has 112 valence electrons. The molecule has 1 aromatic carbocycles. The first-order chi connectivity index (χ1) is 9.65. The molecule has 5 heteroatoms. The van der Waals surface area contributed by atoms with Gasteiger partial charge in [-0.2, -0.15) is 0 Å². The van der Waals surface area contributed by atoms with E-state index in [0.29, 0.717) is 18.2 Å². The summed E-state index contributed by atoms with van der Waals surface area (Å²) in [5.41, 5.74) is 0. The molecule has 0 aliphatic rings. The normalized spacial score (nSPS) is 12.2. The van der Waals surface area contributed by atoms with Gasteiger partial charge in [-0.25, -0.2) is 4.39 Å². The first-order valence-electron chi connectivity index (χ1n) is 6.91. The van der Waals surface area contributed by atoms with Crippen molar-refractivity contribution in [3.8, 4) is 0 Å². The highest BCUT2D eigenvalue weighted by molar-refractivity contribution is 8.00. The summed E-state index contributed by atoms with van der Waals surface area (Å²) in [5, 5.41) is 11.8. The van der Waals surface area contributed by atoms with Crippen LogP contribution in [0.4, 0.5) is 4.39 Å². The zero-order chi connectivity index (χ0) is 14.8. The number of hydrogen-bond acceptors (Lipinski definition) is 3. The number of carbonyl (C=O) groups is 1. The summed E-state index contributed by atoms with van der Waals surface area (Å²) in [4.78, 5) is 12.6. The largest absolute Gasteiger partial charge is 0.396 e. The predicted octanol–water partition coefficient (Wildman–Crippen LogP) is 2.83. The van der Waals surface area contributed by atoms with Gasteiger partial charge in [-0.05, 0) is 43.0 Å². The van der Waals surface area contributed by atoms with E-state index < -0.39 is 0 Å². The topological polar surface area (TPSA) is 49.3 Å². The molecule has 0 fully saturated rings. The summed E-state index contributed by atoms with van der Waals surface area (Å²) >= 11 is 1.39. The first kappa shape index (κ1) is 17.0. The Morgan fingerprint density at radius 3 is 2.65 bits per heavy atom. The molecule has 20 heavy (non-hydrogen) atoms. The van der Waals surface area contributed by atoms with Crippen LogP contribution in [0.5, 0.6) is 0 Å². The molecular formula is C15H22FNO2S. The van der Waals surface area contributed by atoms with Crippen molar-refractivity contribution in [3.63, 3.8) is 0 Å². The van der Waals surface area contributed by atoms with Crippen molar-refractivity contribution in [2.45, 2.75) is 31.1 Å². The third-order valence-electron chi connectivity index (χ3n) is 3.01. The molecule has 2 N–H and O–H groups in total. The molecular weight excluding hydrogens is 277 g/mol. The molecule has 1 unspecified atom stereocenters. The second-order valence-electron chi connectivity index (χ2n) is 4.71. The van der Waals surface area contributed by atoms with Gasteiger partial charge in [-0.1, -0.05) is 13.3 Å². The van der Waals surface area contributed by atoms with E-state index in [2.05, 4.69) is 12.2 Å². The van der Waals surface area contributed by atoms with Crippen LogP contribution in [0.25, 0.3) is 0 Å². The van der Waals surface area contributed by atoms with Gasteiger partial charge in [0.25, 0.3) is 0 Å². The minimum absolute atomic E-state index is 0.0293. The number of aliphatic hydroxyl groups excluding tert-OH is 1. The van der Waals surface area contributed by atoms with Crippen LogP contribution in [0.15, 0.2) is 29.2 Å². The molecule has 1 rings (SSSR count). The SMILES string of the molecule is CCCC(CCO)CNC(=O)CSc1ccc(F)cc1. The highest BCUT2D eigenvalue weighted by Crippen LogP contribution is 2.17. The molecule has 0 heterocycles. The second kappa shape index (κ2) is 9.77. The Balaban J connectivity index is 2.27. The number of nitrogens with one attached hydrogen (secondary N) is 1. The summed E-state index contributed by atoms with van der Waals surface area (Å²) in [7, 11) is 0. The van der Waals surface area contributed by atoms with Crippen LogP contribution in [-0.2, 0) is 4.79 Å². The molecule has 0 aliphatic heterocycles. The van der Waals surface area contributed by atoms with Crippen LogP contribution in [0.2, 0.25) is 0 Å². The summed E-state index contributed by atoms with van der Waals surface area (Å²) in [6, 6.07) is 6.11. The van der Waals surface area contributed by atoms with Gasteiger partial charge < -0.3 is 10.4 Å². The van der Waals surface area contributed by atoms with Crippen LogP contribution >= 0.6 is 11.8 Å². The van der Waals surface area contributed by atoms with E-state index >= 15 is 0 Å². The molecule has 3 nitrogen and oxygen atoms in total. The fourth-order valence-corrected chi connectivity index (χ4v) is 2.66. The minimum atomic E-state index is -0.273. The fourth-order valence-electron chi connectivity index (χ4n) is 1.93. The average Bonchev–Trinajstić information content (AvgIpc) is 2.44. The van der Waals surface area contributed by atoms with Crippen LogP contribution in [0, 0.1) is 11.7 Å². The molecule has 0 saturated carbocycles. The van der Waals surface area contributed by atoms with E-state index in [-0.39, 0.29) is 18.3 Å². The number of aliphatic hydroxyl groups is 1. The molecule has 0 saturated heterocycles. The fraction of sp³-hybridized carbons (Fsp3) is 0.533. The standard InChI is InChI=1S/C15H22FNO2S/c1-2-3-12(8-9-18)10-17-15(19)11-20-14-6-4-13(16)5-7-14/h4-7,12,18H,2-3,8-11H2,1H3,(H,17,19). The summed E-state index contributed by atoms with van der Waals surface area (Å²) in [5.74, 6) is 0.359. The maximum atomic E-state index is 12.7. The van der Waals surface area contributed by atoms with E-state index in [1.165, 1.54) is 23.9 Å². The van der Waals surface area contributed by atoms with Crippen molar-refractivity contribution in [2.24, 2.45) is 5.92 Å². The van der Waals surface area contributed by atoms with Crippen molar-refractivity contribution < 1.29 is 14.3 Å². The Bertz CT molecular complexity index is 391. The number of hydrogen-bond donors (Lipinski definition) is 2. The third-order valence-corrected chi connectivity index (χ3v) is 4.02. The van der Waals surface area contributed by atoms with Gasteiger partial charge in [0.1, 0.15) is 5.82 Å². The van der Waals surface area contributed by atoms with Gasteiger partial charge in [0.2, 0.25) is 5.91 Å². The molecule has 1 atom stereocenters. The lowest BCUT2D eigenvalue weighted by Gasteiger charge is -2.15. The van der Waals surface area contributed by atoms with Crippen LogP contribution < -0.4 is 5.32 Å². The first-order valence-corrected chi connectivity index (χ1v) is 7.90. The molecule has 0 bridgehead atoms. The molecule has 1 amide bonds. The lowest BCUT2D eigenvalue weighted by Crippen LogP contribution is -2.31. The maximum Gasteiger partial charge on any atom is 0.230 e. The van der Waals surface area contributed by atoms with E-state index in [1.54, 1.807) is 12.1 Å². The molecule has 0 aromatic heterocycles. The van der Waals surface area contributed by atoms with Crippen molar-refractivity contribution in [1.82, 2.24) is 5.32 Å². The Hall–Kier alpha value is -1.07. The van der Waals surface area contributed by atoms with Gasteiger partial charge >= 0.3 is 0 Å². The van der Waals surface area contributed by atoms with E-state index in [1.807, 2.05) is 0 Å². The van der Waals surface area contributed by atoms with Gasteiger partial charge in [0.15, 0.2) is 0 Å². The quantitative estimate of drug-likeness (QED) is 0.689. The molecule has 0 spiro atoms. The number of halogens is 1. The maximum absolute atomic E-state index is 12.7. The molecule has 1 aromatic rings. The van der Waals surface area contributed by atoms with Gasteiger partial charge in [0.05, 0.1) is 5.75 Å². The summed E-state index contributed by atoms with van der Waals surface area (Å²) in [6.07, 6.45) is 2.77. The predicted molar refractivity (Wildman–Crippen MR) is 80.2 cm³/mol. The Morgan fingerprint density at radius 2 is 2.05 bits per heavy atom. The van der Waals surface area contributed by atoms with Gasteiger partial charge in [-0.15, -0.1) is 11.8 Å². The zero-order valence-electron chi connectivity index (χ0n) is 11.8. The smallest absolute Gasteiger partial charge is 0.230 e. The third kappa shape index (κ3) is 6.91. The van der Waals surface area contributed by atoms with Crippen LogP contribution in [-0.4, -0.2) is 29.9 Å². The van der Waals surface area contributed by atoms with Crippen molar-refractivity contribution in [3.05, 3.63) is 30.1 Å². The molecule has 0 aliphatic carbocycles. The van der Waals surface area contributed by atoms with Crippen LogP contribution in [0.3, 0.4) is 0 Å². The van der Waals surface area contributed by atoms with E-state index in [0.717, 1.165) is 24.2 Å². The van der Waals surface area contributed by atoms with Crippen molar-refractivity contribution >= 4 is 17.7 Å². The van der Waals surface area contributed by atoms with E-state index in [9.17, 15) is 9.18 Å². The number of thioether (sulfide) groups is 1. The highest BCUT2D eigenvalue weighted by Gasteiger charge is 2.09. The number of benzene rings is 1. The van der Waals surface area contributed by atoms with Crippen LogP contribution in [0.1, 0.15) is 26.2 Å². The summed E-state index contributed by atoms with van der Waals surface area (Å²) in [6.45, 7) is 2.86. The van der Waals surface area contributed by atoms with Crippen molar-refractivity contribution in [1.29, 1.82) is 0 Å². The minimum Gasteiger partial charge on any atom is -0.396 e. The van der Waals surface area contributed by atoms with E-state index in [4.69, 9.17) is 5.11 Å². The summed E-state index contributed by atoms with van der Waals surface area (Å²) < 4.78 is 12.7. The van der Waals surface area contributed by atoms with Crippen molar-refractivity contribution in [2.75, 3.05) is 18.9 Å². The Kier molecular flexibility index (Phi) is 8.30. The number of carbonyl (C=O) groups excluding carboxylic acids is 1. The Labute approximate surface area is 124 Å². The average molecular weight is 299 g/mol. The van der Waals surface area contributed by atoms with Gasteiger partial charge in [-0.3, -0.25) is 4.79 Å². The zero-order valence-corrected chi connectivity index (χ0v) is 12.6. The lowest BCUT2D eigenvalue weighted by molar-refractivity contribution is -0.118.